The minimum atomic E-state index is -0.553. The van der Waals surface area contributed by atoms with E-state index in [1.54, 1.807) is 6.92 Å². The fourth-order valence-corrected chi connectivity index (χ4v) is 4.32. The summed E-state index contributed by atoms with van der Waals surface area (Å²) in [7, 11) is 0. The summed E-state index contributed by atoms with van der Waals surface area (Å²) in [6.45, 7) is 10.1. The normalized spacial score (nSPS) is 11.6. The van der Waals surface area contributed by atoms with Crippen LogP contribution in [0.4, 0.5) is 0 Å². The van der Waals surface area contributed by atoms with E-state index in [0.29, 0.717) is 17.7 Å². The summed E-state index contributed by atoms with van der Waals surface area (Å²) < 4.78 is 7.87. The molecule has 0 amide bonds. The molecule has 0 atom stereocenters. The topological polar surface area (TPSA) is 61.2 Å². The van der Waals surface area contributed by atoms with Gasteiger partial charge >= 0.3 is 5.97 Å². The van der Waals surface area contributed by atoms with Crippen LogP contribution in [-0.4, -0.2) is 26.9 Å². The fraction of sp³-hybridized carbons (Fsp3) is 0.323. The number of imidazole rings is 1. The number of fused-ring (bicyclic) bond motifs is 1. The summed E-state index contributed by atoms with van der Waals surface area (Å²) in [5.41, 5.74) is 5.54. The highest BCUT2D eigenvalue weighted by molar-refractivity contribution is 5.98. The number of benzene rings is 3. The van der Waals surface area contributed by atoms with Crippen molar-refractivity contribution in [2.24, 2.45) is 0 Å². The molecule has 0 N–H and O–H groups in total. The van der Waals surface area contributed by atoms with Crippen molar-refractivity contribution in [3.8, 4) is 11.1 Å². The van der Waals surface area contributed by atoms with Gasteiger partial charge in [-0.3, -0.25) is 4.79 Å². The van der Waals surface area contributed by atoms with Gasteiger partial charge in [-0.1, -0.05) is 55.8 Å². The minimum Gasteiger partial charge on any atom is -0.456 e. The van der Waals surface area contributed by atoms with Crippen molar-refractivity contribution >= 4 is 22.8 Å². The molecule has 0 aliphatic heterocycles. The van der Waals surface area contributed by atoms with Crippen molar-refractivity contribution in [3.05, 3.63) is 89.2 Å². The number of nitrogens with zero attached hydrogens (tertiary/aromatic N) is 2. The number of unbranched alkanes of at least 4 members (excludes halogenated alkanes) is 1. The molecule has 1 aromatic heterocycles. The summed E-state index contributed by atoms with van der Waals surface area (Å²) in [5, 5.41) is 0. The van der Waals surface area contributed by atoms with Crippen LogP contribution in [0.2, 0.25) is 0 Å². The lowest BCUT2D eigenvalue weighted by atomic mass is 9.98. The maximum absolute atomic E-state index is 12.8. The van der Waals surface area contributed by atoms with Crippen molar-refractivity contribution in [2.75, 3.05) is 0 Å². The molecule has 0 saturated carbocycles. The molecule has 4 aromatic rings. The maximum Gasteiger partial charge on any atom is 0.339 e. The number of carbonyl (C=O) groups is 2. The van der Waals surface area contributed by atoms with E-state index in [2.05, 4.69) is 35.8 Å². The van der Waals surface area contributed by atoms with Crippen LogP contribution in [0.3, 0.4) is 0 Å². The van der Waals surface area contributed by atoms with E-state index in [1.807, 2.05) is 63.2 Å². The molecular formula is C31H34N2O3. The molecule has 4 rings (SSSR count). The molecule has 3 aromatic carbocycles. The van der Waals surface area contributed by atoms with Gasteiger partial charge in [-0.25, -0.2) is 9.78 Å². The van der Waals surface area contributed by atoms with Gasteiger partial charge in [-0.2, -0.15) is 0 Å². The van der Waals surface area contributed by atoms with Gasteiger partial charge < -0.3 is 9.30 Å². The maximum atomic E-state index is 12.8. The molecule has 0 aliphatic carbocycles. The molecule has 1 heterocycles. The van der Waals surface area contributed by atoms with Crippen molar-refractivity contribution in [1.29, 1.82) is 0 Å². The Morgan fingerprint density at radius 3 is 2.36 bits per heavy atom. The summed E-state index contributed by atoms with van der Waals surface area (Å²) in [4.78, 5) is 29.5. The summed E-state index contributed by atoms with van der Waals surface area (Å²) >= 11 is 0. The van der Waals surface area contributed by atoms with Gasteiger partial charge in [0.15, 0.2) is 5.78 Å². The van der Waals surface area contributed by atoms with Crippen LogP contribution in [-0.2, 0) is 17.7 Å². The second-order valence-corrected chi connectivity index (χ2v) is 10.2. The Hall–Kier alpha value is -3.73. The van der Waals surface area contributed by atoms with Gasteiger partial charge in [0.25, 0.3) is 0 Å². The zero-order valence-electron chi connectivity index (χ0n) is 21.8. The van der Waals surface area contributed by atoms with Gasteiger partial charge in [0.1, 0.15) is 11.4 Å². The molecule has 0 radical (unpaired) electrons. The third kappa shape index (κ3) is 5.73. The van der Waals surface area contributed by atoms with Crippen molar-refractivity contribution in [2.45, 2.75) is 66.0 Å². The molecule has 5 nitrogen and oxygen atoms in total. The van der Waals surface area contributed by atoms with E-state index in [9.17, 15) is 9.59 Å². The first-order valence-electron chi connectivity index (χ1n) is 12.6. The van der Waals surface area contributed by atoms with Crippen molar-refractivity contribution < 1.29 is 14.3 Å². The molecule has 0 fully saturated rings. The van der Waals surface area contributed by atoms with Gasteiger partial charge in [0.2, 0.25) is 0 Å². The third-order valence-electron chi connectivity index (χ3n) is 6.14. The number of hydrogen-bond donors (Lipinski definition) is 0. The smallest absolute Gasteiger partial charge is 0.339 e. The predicted octanol–water partition coefficient (Wildman–Crippen LogP) is 7.25. The SMILES string of the molecule is CCCCc1nc2cc(C(C)=O)ccc2n1Cc1ccc(-c2ccccc2C(=O)OC(C)(C)C)cc1. The molecule has 36 heavy (non-hydrogen) atoms. The first-order chi connectivity index (χ1) is 17.2. The highest BCUT2D eigenvalue weighted by atomic mass is 16.6. The van der Waals surface area contributed by atoms with Crippen LogP contribution >= 0.6 is 0 Å². The lowest BCUT2D eigenvalue weighted by Crippen LogP contribution is -2.24. The van der Waals surface area contributed by atoms with Crippen molar-refractivity contribution in [3.63, 3.8) is 0 Å². The van der Waals surface area contributed by atoms with E-state index >= 15 is 0 Å². The first-order valence-corrected chi connectivity index (χ1v) is 12.6. The lowest BCUT2D eigenvalue weighted by Gasteiger charge is -2.20. The molecule has 0 aliphatic rings. The molecular weight excluding hydrogens is 448 g/mol. The molecule has 5 heteroatoms. The number of carbonyl (C=O) groups excluding carboxylic acids is 2. The number of ether oxygens (including phenoxy) is 1. The van der Waals surface area contributed by atoms with Gasteiger partial charge in [0.05, 0.1) is 16.6 Å². The first kappa shape index (κ1) is 25.4. The minimum absolute atomic E-state index is 0.0452. The Labute approximate surface area is 213 Å². The zero-order valence-corrected chi connectivity index (χ0v) is 21.8. The fourth-order valence-electron chi connectivity index (χ4n) is 4.32. The largest absolute Gasteiger partial charge is 0.456 e. The van der Waals surface area contributed by atoms with Gasteiger partial charge in [0, 0.05) is 18.5 Å². The molecule has 0 saturated heterocycles. The van der Waals surface area contributed by atoms with Gasteiger partial charge in [-0.15, -0.1) is 0 Å². The summed E-state index contributed by atoms with van der Waals surface area (Å²) in [5.74, 6) is 0.758. The third-order valence-corrected chi connectivity index (χ3v) is 6.14. The Morgan fingerprint density at radius 1 is 0.972 bits per heavy atom. The summed E-state index contributed by atoms with van der Waals surface area (Å²) in [6.07, 6.45) is 3.04. The van der Waals surface area contributed by atoms with Crippen LogP contribution in [0, 0.1) is 0 Å². The number of rotatable bonds is 8. The highest BCUT2D eigenvalue weighted by Crippen LogP contribution is 2.27. The molecule has 0 spiro atoms. The quantitative estimate of drug-likeness (QED) is 0.196. The standard InChI is InChI=1S/C31H34N2O3/c1-6-7-12-29-32-27-19-24(21(2)34)17-18-28(27)33(29)20-22-13-15-23(16-14-22)25-10-8-9-11-26(25)30(35)36-31(3,4)5/h8-11,13-19H,6-7,12,20H2,1-5H3. The van der Waals surface area contributed by atoms with E-state index < -0.39 is 5.60 Å². The predicted molar refractivity (Wildman–Crippen MR) is 144 cm³/mol. The number of aromatic nitrogens is 2. The van der Waals surface area contributed by atoms with Crippen LogP contribution < -0.4 is 0 Å². The average Bonchev–Trinajstić information content (AvgIpc) is 3.18. The molecule has 0 bridgehead atoms. The Bertz CT molecular complexity index is 1390. The number of aryl methyl sites for hydroxylation is 1. The van der Waals surface area contributed by atoms with E-state index in [0.717, 1.165) is 52.8 Å². The Balaban J connectivity index is 1.64. The number of Topliss-reactive ketones (excluding diaryl/α,β-unsaturated/α-hetero) is 1. The average molecular weight is 483 g/mol. The Morgan fingerprint density at radius 2 is 1.69 bits per heavy atom. The number of ketones is 1. The van der Waals surface area contributed by atoms with E-state index in [-0.39, 0.29) is 11.8 Å². The second-order valence-electron chi connectivity index (χ2n) is 10.2. The monoisotopic (exact) mass is 482 g/mol. The van der Waals surface area contributed by atoms with E-state index in [1.165, 1.54) is 0 Å². The second kappa shape index (κ2) is 10.5. The summed E-state index contributed by atoms with van der Waals surface area (Å²) in [6, 6.07) is 21.6. The van der Waals surface area contributed by atoms with Gasteiger partial charge in [-0.05, 0) is 75.1 Å². The molecule has 186 valence electrons. The number of hydrogen-bond acceptors (Lipinski definition) is 4. The van der Waals surface area contributed by atoms with Crippen LogP contribution in [0.25, 0.3) is 22.2 Å². The van der Waals surface area contributed by atoms with Crippen LogP contribution in [0.5, 0.6) is 0 Å². The number of esters is 1. The van der Waals surface area contributed by atoms with Crippen LogP contribution in [0.1, 0.15) is 79.6 Å². The lowest BCUT2D eigenvalue weighted by molar-refractivity contribution is 0.00703. The van der Waals surface area contributed by atoms with Crippen LogP contribution in [0.15, 0.2) is 66.7 Å². The molecule has 0 unspecified atom stereocenters. The zero-order chi connectivity index (χ0) is 25.9. The van der Waals surface area contributed by atoms with E-state index in [4.69, 9.17) is 9.72 Å². The Kier molecular flexibility index (Phi) is 7.39. The van der Waals surface area contributed by atoms with Crippen molar-refractivity contribution in [1.82, 2.24) is 9.55 Å². The highest BCUT2D eigenvalue weighted by Gasteiger charge is 2.21.